The van der Waals surface area contributed by atoms with Gasteiger partial charge in [0.05, 0.1) is 6.61 Å². The van der Waals surface area contributed by atoms with Crippen LogP contribution >= 0.6 is 0 Å². The summed E-state index contributed by atoms with van der Waals surface area (Å²) in [5.74, 6) is -0.262. The van der Waals surface area contributed by atoms with Crippen LogP contribution in [0, 0.1) is 6.92 Å². The van der Waals surface area contributed by atoms with Gasteiger partial charge in [0, 0.05) is 27.7 Å². The SMILES string of the molecule is CCOC(=O)C(C)=Cc1c(C)[nH]c2ccccc12. The van der Waals surface area contributed by atoms with Gasteiger partial charge in [-0.1, -0.05) is 18.2 Å². The summed E-state index contributed by atoms with van der Waals surface area (Å²) in [5.41, 5.74) is 3.80. The second-order valence-corrected chi connectivity index (χ2v) is 4.26. The second-order valence-electron chi connectivity index (χ2n) is 4.26. The summed E-state index contributed by atoms with van der Waals surface area (Å²) in [6.45, 7) is 5.99. The maximum Gasteiger partial charge on any atom is 0.333 e. The van der Waals surface area contributed by atoms with Gasteiger partial charge in [-0.2, -0.15) is 0 Å². The van der Waals surface area contributed by atoms with Crippen LogP contribution in [0.3, 0.4) is 0 Å². The van der Waals surface area contributed by atoms with Crippen molar-refractivity contribution in [3.63, 3.8) is 0 Å². The number of aromatic amines is 1. The summed E-state index contributed by atoms with van der Waals surface area (Å²) in [5, 5.41) is 1.12. The predicted molar refractivity (Wildman–Crippen MR) is 73.3 cm³/mol. The molecule has 0 aliphatic heterocycles. The fourth-order valence-corrected chi connectivity index (χ4v) is 2.00. The lowest BCUT2D eigenvalue weighted by Crippen LogP contribution is -2.04. The van der Waals surface area contributed by atoms with Crippen molar-refractivity contribution in [2.75, 3.05) is 6.61 Å². The quantitative estimate of drug-likeness (QED) is 0.662. The minimum atomic E-state index is -0.262. The molecule has 0 saturated carbocycles. The van der Waals surface area contributed by atoms with Crippen LogP contribution in [0.1, 0.15) is 25.1 Å². The third kappa shape index (κ3) is 2.30. The van der Waals surface area contributed by atoms with Crippen LogP contribution in [0.5, 0.6) is 0 Å². The molecule has 0 spiro atoms. The maximum atomic E-state index is 11.6. The number of para-hydroxylation sites is 1. The first kappa shape index (κ1) is 12.4. The molecule has 0 fully saturated rings. The van der Waals surface area contributed by atoms with Crippen molar-refractivity contribution in [1.82, 2.24) is 4.98 Å². The van der Waals surface area contributed by atoms with E-state index >= 15 is 0 Å². The molecule has 2 aromatic rings. The van der Waals surface area contributed by atoms with Gasteiger partial charge in [0.1, 0.15) is 0 Å². The standard InChI is InChI=1S/C15H17NO2/c1-4-18-15(17)10(2)9-13-11(3)16-14-8-6-5-7-12(13)14/h5-9,16H,4H2,1-3H3. The first-order valence-electron chi connectivity index (χ1n) is 6.06. The molecule has 0 amide bonds. The van der Waals surface area contributed by atoms with E-state index in [1.807, 2.05) is 44.2 Å². The number of aromatic nitrogens is 1. The normalized spacial score (nSPS) is 11.8. The molecular weight excluding hydrogens is 226 g/mol. The predicted octanol–water partition coefficient (Wildman–Crippen LogP) is 3.44. The van der Waals surface area contributed by atoms with Gasteiger partial charge in [-0.05, 0) is 32.9 Å². The monoisotopic (exact) mass is 243 g/mol. The minimum absolute atomic E-state index is 0.262. The fourth-order valence-electron chi connectivity index (χ4n) is 2.00. The van der Waals surface area contributed by atoms with Crippen molar-refractivity contribution >= 4 is 22.9 Å². The molecule has 0 aliphatic carbocycles. The Morgan fingerprint density at radius 2 is 2.11 bits per heavy atom. The first-order valence-corrected chi connectivity index (χ1v) is 6.06. The number of benzene rings is 1. The van der Waals surface area contributed by atoms with E-state index in [9.17, 15) is 4.79 Å². The Kier molecular flexibility index (Phi) is 3.51. The van der Waals surface area contributed by atoms with Crippen LogP contribution in [-0.4, -0.2) is 17.6 Å². The highest BCUT2D eigenvalue weighted by Gasteiger charge is 2.09. The Hall–Kier alpha value is -2.03. The van der Waals surface area contributed by atoms with Crippen molar-refractivity contribution in [2.24, 2.45) is 0 Å². The number of hydrogen-bond acceptors (Lipinski definition) is 2. The molecule has 0 aliphatic rings. The third-order valence-corrected chi connectivity index (χ3v) is 2.90. The molecule has 0 radical (unpaired) electrons. The van der Waals surface area contributed by atoms with Crippen molar-refractivity contribution < 1.29 is 9.53 Å². The summed E-state index contributed by atoms with van der Waals surface area (Å²) in [4.78, 5) is 14.9. The highest BCUT2D eigenvalue weighted by Crippen LogP contribution is 2.24. The highest BCUT2D eigenvalue weighted by molar-refractivity contribution is 5.98. The smallest absolute Gasteiger partial charge is 0.333 e. The summed E-state index contributed by atoms with van der Waals surface area (Å²) in [6, 6.07) is 8.05. The van der Waals surface area contributed by atoms with Crippen molar-refractivity contribution in [3.05, 3.63) is 41.1 Å². The van der Waals surface area contributed by atoms with E-state index in [-0.39, 0.29) is 5.97 Å². The van der Waals surface area contributed by atoms with E-state index in [4.69, 9.17) is 4.74 Å². The molecule has 1 aromatic heterocycles. The molecule has 2 rings (SSSR count). The molecule has 1 N–H and O–H groups in total. The number of esters is 1. The largest absolute Gasteiger partial charge is 0.463 e. The number of carbonyl (C=O) groups excluding carboxylic acids is 1. The number of H-pyrrole nitrogens is 1. The number of fused-ring (bicyclic) bond motifs is 1. The van der Waals surface area contributed by atoms with Gasteiger partial charge in [-0.15, -0.1) is 0 Å². The van der Waals surface area contributed by atoms with Gasteiger partial charge in [-0.3, -0.25) is 0 Å². The Bertz CT molecular complexity index is 608. The van der Waals surface area contributed by atoms with Crippen LogP contribution in [0.4, 0.5) is 0 Å². The van der Waals surface area contributed by atoms with Gasteiger partial charge in [0.2, 0.25) is 0 Å². The Morgan fingerprint density at radius 3 is 2.83 bits per heavy atom. The fraction of sp³-hybridized carbons (Fsp3) is 0.267. The molecule has 0 unspecified atom stereocenters. The zero-order valence-electron chi connectivity index (χ0n) is 10.9. The number of rotatable bonds is 3. The van der Waals surface area contributed by atoms with Crippen LogP contribution in [-0.2, 0) is 9.53 Å². The van der Waals surface area contributed by atoms with Crippen LogP contribution in [0.2, 0.25) is 0 Å². The highest BCUT2D eigenvalue weighted by atomic mass is 16.5. The third-order valence-electron chi connectivity index (χ3n) is 2.90. The topological polar surface area (TPSA) is 42.1 Å². The van der Waals surface area contributed by atoms with E-state index in [1.165, 1.54) is 0 Å². The number of aryl methyl sites for hydroxylation is 1. The van der Waals surface area contributed by atoms with E-state index in [0.29, 0.717) is 12.2 Å². The van der Waals surface area contributed by atoms with Gasteiger partial charge >= 0.3 is 5.97 Å². The average Bonchev–Trinajstić information content (AvgIpc) is 2.66. The van der Waals surface area contributed by atoms with Crippen LogP contribution < -0.4 is 0 Å². The first-order chi connectivity index (χ1) is 8.63. The number of hydrogen-bond donors (Lipinski definition) is 1. The van der Waals surface area contributed by atoms with E-state index < -0.39 is 0 Å². The summed E-state index contributed by atoms with van der Waals surface area (Å²) < 4.78 is 4.99. The number of ether oxygens (including phenoxy) is 1. The zero-order chi connectivity index (χ0) is 13.1. The molecule has 3 heteroatoms. The molecule has 1 aromatic carbocycles. The number of carbonyl (C=O) groups is 1. The average molecular weight is 243 g/mol. The van der Waals surface area contributed by atoms with Crippen molar-refractivity contribution in [3.8, 4) is 0 Å². The van der Waals surface area contributed by atoms with E-state index in [0.717, 1.165) is 22.2 Å². The summed E-state index contributed by atoms with van der Waals surface area (Å²) in [7, 11) is 0. The van der Waals surface area contributed by atoms with Crippen molar-refractivity contribution in [2.45, 2.75) is 20.8 Å². The summed E-state index contributed by atoms with van der Waals surface area (Å²) in [6.07, 6.45) is 1.88. The molecule has 3 nitrogen and oxygen atoms in total. The lowest BCUT2D eigenvalue weighted by atomic mass is 10.1. The van der Waals surface area contributed by atoms with E-state index in [1.54, 1.807) is 6.92 Å². The molecular formula is C15H17NO2. The Morgan fingerprint density at radius 1 is 1.39 bits per heavy atom. The minimum Gasteiger partial charge on any atom is -0.463 e. The van der Waals surface area contributed by atoms with Gasteiger partial charge in [0.15, 0.2) is 0 Å². The lowest BCUT2D eigenvalue weighted by Gasteiger charge is -2.01. The molecule has 18 heavy (non-hydrogen) atoms. The van der Waals surface area contributed by atoms with Crippen LogP contribution in [0.15, 0.2) is 29.8 Å². The van der Waals surface area contributed by atoms with Crippen molar-refractivity contribution in [1.29, 1.82) is 0 Å². The zero-order valence-corrected chi connectivity index (χ0v) is 10.9. The Labute approximate surface area is 106 Å². The van der Waals surface area contributed by atoms with Gasteiger partial charge < -0.3 is 9.72 Å². The molecule has 0 bridgehead atoms. The van der Waals surface area contributed by atoms with Gasteiger partial charge in [0.25, 0.3) is 0 Å². The number of nitrogens with one attached hydrogen (secondary N) is 1. The van der Waals surface area contributed by atoms with Gasteiger partial charge in [-0.25, -0.2) is 4.79 Å². The van der Waals surface area contributed by atoms with E-state index in [2.05, 4.69) is 4.98 Å². The molecule has 0 atom stereocenters. The molecule has 94 valence electrons. The molecule has 0 saturated heterocycles. The lowest BCUT2D eigenvalue weighted by molar-refractivity contribution is -0.138. The summed E-state index contributed by atoms with van der Waals surface area (Å²) >= 11 is 0. The maximum absolute atomic E-state index is 11.6. The Balaban J connectivity index is 2.45. The van der Waals surface area contributed by atoms with Crippen LogP contribution in [0.25, 0.3) is 17.0 Å². The second kappa shape index (κ2) is 5.08. The molecule has 1 heterocycles.